The molecule has 1 aromatic rings. The number of hydrogen-bond acceptors (Lipinski definition) is 5. The van der Waals surface area contributed by atoms with Gasteiger partial charge in [-0.1, -0.05) is 0 Å². The van der Waals surface area contributed by atoms with E-state index in [0.717, 1.165) is 37.0 Å². The molecule has 1 aliphatic rings. The van der Waals surface area contributed by atoms with Gasteiger partial charge in [0.15, 0.2) is 0 Å². The van der Waals surface area contributed by atoms with Gasteiger partial charge in [0, 0.05) is 18.0 Å². The van der Waals surface area contributed by atoms with Crippen molar-refractivity contribution in [2.75, 3.05) is 26.3 Å². The van der Waals surface area contributed by atoms with Crippen molar-refractivity contribution < 1.29 is 4.74 Å². The van der Waals surface area contributed by atoms with Gasteiger partial charge < -0.3 is 4.74 Å². The van der Waals surface area contributed by atoms with E-state index in [2.05, 4.69) is 36.2 Å². The van der Waals surface area contributed by atoms with E-state index < -0.39 is 0 Å². The first kappa shape index (κ1) is 12.0. The van der Waals surface area contributed by atoms with Crippen LogP contribution in [-0.4, -0.2) is 36.3 Å². The first-order valence-corrected chi connectivity index (χ1v) is 6.51. The Bertz CT molecular complexity index is 347. The molecule has 0 radical (unpaired) electrons. The number of aromatic nitrogens is 1. The average Bonchev–Trinajstić information content (AvgIpc) is 2.59. The van der Waals surface area contributed by atoms with Crippen LogP contribution in [-0.2, 0) is 4.74 Å². The molecule has 1 saturated heterocycles. The van der Waals surface area contributed by atoms with Crippen LogP contribution in [0.1, 0.15) is 28.5 Å². The van der Waals surface area contributed by atoms with Crippen LogP contribution in [0.15, 0.2) is 0 Å². The van der Waals surface area contributed by atoms with Gasteiger partial charge >= 0.3 is 0 Å². The van der Waals surface area contributed by atoms with E-state index in [4.69, 9.17) is 4.74 Å². The molecule has 0 saturated carbocycles. The summed E-state index contributed by atoms with van der Waals surface area (Å²) in [5.74, 6) is 0. The molecule has 0 aliphatic carbocycles. The summed E-state index contributed by atoms with van der Waals surface area (Å²) in [5, 5.41) is 3.38. The van der Waals surface area contributed by atoms with E-state index in [1.807, 2.05) is 0 Å². The second-order valence-corrected chi connectivity index (χ2v) is 5.37. The highest BCUT2D eigenvalue weighted by Crippen LogP contribution is 2.24. The Morgan fingerprint density at radius 2 is 2.06 bits per heavy atom. The normalized spacial score (nSPS) is 19.9. The minimum atomic E-state index is 0.337. The Hall–Kier alpha value is -0.490. The molecular formula is C11H19N3OS. The van der Waals surface area contributed by atoms with Gasteiger partial charge in [-0.25, -0.2) is 15.4 Å². The molecular weight excluding hydrogens is 222 g/mol. The fraction of sp³-hybridized carbons (Fsp3) is 0.727. The summed E-state index contributed by atoms with van der Waals surface area (Å²) in [6.07, 6.45) is 0. The smallest absolute Gasteiger partial charge is 0.0900 e. The van der Waals surface area contributed by atoms with Gasteiger partial charge in [-0.3, -0.25) is 0 Å². The molecule has 1 N–H and O–H groups in total. The highest BCUT2D eigenvalue weighted by Gasteiger charge is 2.17. The summed E-state index contributed by atoms with van der Waals surface area (Å²) in [7, 11) is 0. The number of thiazole rings is 1. The monoisotopic (exact) mass is 241 g/mol. The fourth-order valence-corrected chi connectivity index (χ4v) is 2.90. The minimum absolute atomic E-state index is 0.337. The lowest BCUT2D eigenvalue weighted by Crippen LogP contribution is -2.46. The van der Waals surface area contributed by atoms with Crippen molar-refractivity contribution in [1.82, 2.24) is 15.4 Å². The molecule has 0 bridgehead atoms. The Labute approximate surface area is 101 Å². The van der Waals surface area contributed by atoms with Crippen LogP contribution in [0, 0.1) is 13.8 Å². The SMILES string of the molecule is Cc1nc(C)c(C(C)NN2CCOCC2)s1. The maximum Gasteiger partial charge on any atom is 0.0900 e. The molecule has 16 heavy (non-hydrogen) atoms. The van der Waals surface area contributed by atoms with Crippen molar-refractivity contribution >= 4 is 11.3 Å². The van der Waals surface area contributed by atoms with Crippen LogP contribution in [0.25, 0.3) is 0 Å². The zero-order valence-corrected chi connectivity index (χ0v) is 10.9. The van der Waals surface area contributed by atoms with Gasteiger partial charge in [0.05, 0.1) is 30.0 Å². The number of nitrogens with one attached hydrogen (secondary N) is 1. The molecule has 2 rings (SSSR count). The Kier molecular flexibility index (Phi) is 3.91. The summed E-state index contributed by atoms with van der Waals surface area (Å²) in [6.45, 7) is 9.89. The maximum absolute atomic E-state index is 5.32. The number of morpholine rings is 1. The molecule has 0 spiro atoms. The summed E-state index contributed by atoms with van der Waals surface area (Å²) in [4.78, 5) is 5.80. The molecule has 1 aliphatic heterocycles. The molecule has 5 heteroatoms. The van der Waals surface area contributed by atoms with Gasteiger partial charge in [-0.05, 0) is 20.8 Å². The zero-order valence-electron chi connectivity index (χ0n) is 10.1. The first-order chi connectivity index (χ1) is 7.66. The van der Waals surface area contributed by atoms with E-state index in [0.29, 0.717) is 6.04 Å². The molecule has 0 amide bonds. The molecule has 4 nitrogen and oxygen atoms in total. The average molecular weight is 241 g/mol. The summed E-state index contributed by atoms with van der Waals surface area (Å²) < 4.78 is 5.32. The van der Waals surface area contributed by atoms with Crippen molar-refractivity contribution in [3.63, 3.8) is 0 Å². The van der Waals surface area contributed by atoms with Gasteiger partial charge in [-0.2, -0.15) is 0 Å². The number of hydrogen-bond donors (Lipinski definition) is 1. The molecule has 1 unspecified atom stereocenters. The number of ether oxygens (including phenoxy) is 1. The Balaban J connectivity index is 1.96. The van der Waals surface area contributed by atoms with Gasteiger partial charge in [0.1, 0.15) is 0 Å². The fourth-order valence-electron chi connectivity index (χ4n) is 1.97. The number of hydrazine groups is 1. The van der Waals surface area contributed by atoms with Crippen LogP contribution in [0.2, 0.25) is 0 Å². The highest BCUT2D eigenvalue weighted by molar-refractivity contribution is 7.11. The third kappa shape index (κ3) is 2.79. The van der Waals surface area contributed by atoms with Crippen molar-refractivity contribution in [2.45, 2.75) is 26.8 Å². The lowest BCUT2D eigenvalue weighted by Gasteiger charge is -2.30. The predicted molar refractivity (Wildman–Crippen MR) is 65.5 cm³/mol. The van der Waals surface area contributed by atoms with Crippen molar-refractivity contribution in [1.29, 1.82) is 0 Å². The third-order valence-electron chi connectivity index (χ3n) is 2.72. The largest absolute Gasteiger partial charge is 0.379 e. The molecule has 2 heterocycles. The van der Waals surface area contributed by atoms with Crippen molar-refractivity contribution in [2.24, 2.45) is 0 Å². The molecule has 0 aromatic carbocycles. The van der Waals surface area contributed by atoms with E-state index in [1.165, 1.54) is 4.88 Å². The predicted octanol–water partition coefficient (Wildman–Crippen LogP) is 1.66. The second-order valence-electron chi connectivity index (χ2n) is 4.13. The van der Waals surface area contributed by atoms with Crippen LogP contribution in [0.3, 0.4) is 0 Å². The minimum Gasteiger partial charge on any atom is -0.379 e. The highest BCUT2D eigenvalue weighted by atomic mass is 32.1. The van der Waals surface area contributed by atoms with Crippen LogP contribution < -0.4 is 5.43 Å². The second kappa shape index (κ2) is 5.23. The number of aryl methyl sites for hydroxylation is 2. The standard InChI is InChI=1S/C11H19N3OS/c1-8-11(16-10(3)12-8)9(2)13-14-4-6-15-7-5-14/h9,13H,4-7H2,1-3H3. The summed E-state index contributed by atoms with van der Waals surface area (Å²) in [6, 6.07) is 0.337. The van der Waals surface area contributed by atoms with E-state index in [1.54, 1.807) is 11.3 Å². The van der Waals surface area contributed by atoms with Gasteiger partial charge in [0.25, 0.3) is 0 Å². The van der Waals surface area contributed by atoms with Crippen LogP contribution in [0.4, 0.5) is 0 Å². The van der Waals surface area contributed by atoms with Crippen LogP contribution >= 0.6 is 11.3 Å². The zero-order chi connectivity index (χ0) is 11.5. The van der Waals surface area contributed by atoms with E-state index in [-0.39, 0.29) is 0 Å². The third-order valence-corrected chi connectivity index (χ3v) is 3.98. The molecule has 1 fully saturated rings. The lowest BCUT2D eigenvalue weighted by molar-refractivity contribution is 0.00506. The Morgan fingerprint density at radius 1 is 1.38 bits per heavy atom. The first-order valence-electron chi connectivity index (χ1n) is 5.69. The number of nitrogens with zero attached hydrogens (tertiary/aromatic N) is 2. The molecule has 90 valence electrons. The topological polar surface area (TPSA) is 37.4 Å². The summed E-state index contributed by atoms with van der Waals surface area (Å²) in [5.41, 5.74) is 4.66. The van der Waals surface area contributed by atoms with E-state index >= 15 is 0 Å². The molecule has 1 aromatic heterocycles. The number of rotatable bonds is 3. The molecule has 1 atom stereocenters. The van der Waals surface area contributed by atoms with Crippen molar-refractivity contribution in [3.05, 3.63) is 15.6 Å². The summed E-state index contributed by atoms with van der Waals surface area (Å²) >= 11 is 1.78. The Morgan fingerprint density at radius 3 is 2.62 bits per heavy atom. The lowest BCUT2D eigenvalue weighted by atomic mass is 10.2. The van der Waals surface area contributed by atoms with Crippen molar-refractivity contribution in [3.8, 4) is 0 Å². The van der Waals surface area contributed by atoms with Gasteiger partial charge in [0.2, 0.25) is 0 Å². The maximum atomic E-state index is 5.32. The van der Waals surface area contributed by atoms with E-state index in [9.17, 15) is 0 Å². The van der Waals surface area contributed by atoms with Gasteiger partial charge in [-0.15, -0.1) is 11.3 Å². The van der Waals surface area contributed by atoms with Crippen LogP contribution in [0.5, 0.6) is 0 Å². The quantitative estimate of drug-likeness (QED) is 0.873.